The molecule has 0 aliphatic heterocycles. The predicted octanol–water partition coefficient (Wildman–Crippen LogP) is 3.29. The summed E-state index contributed by atoms with van der Waals surface area (Å²) in [5, 5.41) is 6.92. The van der Waals surface area contributed by atoms with Gasteiger partial charge in [-0.2, -0.15) is 0 Å². The number of nitrogens with one attached hydrogen (secondary N) is 2. The van der Waals surface area contributed by atoms with Crippen LogP contribution in [0.15, 0.2) is 46.0 Å². The molecule has 1 heterocycles. The highest BCUT2D eigenvalue weighted by molar-refractivity contribution is 6.31. The average Bonchev–Trinajstić information content (AvgIpc) is 3.04. The number of halogens is 2. The summed E-state index contributed by atoms with van der Waals surface area (Å²) in [5.41, 5.74) is 0.586. The minimum absolute atomic E-state index is 0.0795. The average molecular weight is 322 g/mol. The van der Waals surface area contributed by atoms with Crippen molar-refractivity contribution in [3.8, 4) is 0 Å². The number of guanidine groups is 1. The number of aliphatic imine (C=N–C) groups is 1. The fourth-order valence-corrected chi connectivity index (χ4v) is 2.80. The Balaban J connectivity index is 1.58. The van der Waals surface area contributed by atoms with Crippen LogP contribution in [0.3, 0.4) is 0 Å². The van der Waals surface area contributed by atoms with Gasteiger partial charge in [0.25, 0.3) is 0 Å². The lowest BCUT2D eigenvalue weighted by atomic mass is 10.1. The van der Waals surface area contributed by atoms with Crippen molar-refractivity contribution < 1.29 is 8.81 Å². The van der Waals surface area contributed by atoms with E-state index in [2.05, 4.69) is 15.6 Å². The van der Waals surface area contributed by atoms with Gasteiger partial charge in [-0.15, -0.1) is 0 Å². The van der Waals surface area contributed by atoms with E-state index in [1.54, 1.807) is 25.4 Å². The Kier molecular flexibility index (Phi) is 4.34. The van der Waals surface area contributed by atoms with Gasteiger partial charge in [0.2, 0.25) is 0 Å². The molecule has 1 aromatic carbocycles. The standard InChI is InChI=1S/C16H17ClFN3O/c1-19-16(20-9-10-4-3-7-22-10)21-14-8-11(14)15-12(17)5-2-6-13(15)18/h2-7,11,14H,8-9H2,1H3,(H2,19,20,21). The van der Waals surface area contributed by atoms with Crippen LogP contribution in [0.25, 0.3) is 0 Å². The highest BCUT2D eigenvalue weighted by Gasteiger charge is 2.41. The lowest BCUT2D eigenvalue weighted by Gasteiger charge is -2.11. The van der Waals surface area contributed by atoms with Crippen LogP contribution in [0.5, 0.6) is 0 Å². The Bertz CT molecular complexity index is 652. The number of benzene rings is 1. The van der Waals surface area contributed by atoms with Gasteiger partial charge < -0.3 is 15.1 Å². The molecule has 0 radical (unpaired) electrons. The molecule has 22 heavy (non-hydrogen) atoms. The highest BCUT2D eigenvalue weighted by Crippen LogP contribution is 2.44. The minimum Gasteiger partial charge on any atom is -0.467 e. The minimum atomic E-state index is -0.250. The van der Waals surface area contributed by atoms with E-state index in [0.717, 1.165) is 12.2 Å². The maximum Gasteiger partial charge on any atom is 0.191 e. The van der Waals surface area contributed by atoms with Crippen LogP contribution in [-0.4, -0.2) is 19.0 Å². The van der Waals surface area contributed by atoms with Gasteiger partial charge in [0, 0.05) is 29.6 Å². The van der Waals surface area contributed by atoms with Crippen molar-refractivity contribution in [3.63, 3.8) is 0 Å². The van der Waals surface area contributed by atoms with Crippen molar-refractivity contribution in [1.82, 2.24) is 10.6 Å². The normalized spacial score (nSPS) is 20.8. The quantitative estimate of drug-likeness (QED) is 0.671. The largest absolute Gasteiger partial charge is 0.467 e. The van der Waals surface area contributed by atoms with E-state index < -0.39 is 0 Å². The second-order valence-electron chi connectivity index (χ2n) is 5.23. The molecule has 116 valence electrons. The smallest absolute Gasteiger partial charge is 0.191 e. The van der Waals surface area contributed by atoms with E-state index in [1.165, 1.54) is 6.07 Å². The molecule has 0 saturated heterocycles. The molecule has 0 bridgehead atoms. The van der Waals surface area contributed by atoms with Gasteiger partial charge in [0.15, 0.2) is 5.96 Å². The van der Waals surface area contributed by atoms with Crippen molar-refractivity contribution in [2.75, 3.05) is 7.05 Å². The van der Waals surface area contributed by atoms with E-state index in [0.29, 0.717) is 23.1 Å². The van der Waals surface area contributed by atoms with Crippen molar-refractivity contribution >= 4 is 17.6 Å². The first-order valence-corrected chi connectivity index (χ1v) is 7.50. The zero-order valence-electron chi connectivity index (χ0n) is 12.1. The highest BCUT2D eigenvalue weighted by atomic mass is 35.5. The molecule has 2 unspecified atom stereocenters. The molecule has 1 aliphatic carbocycles. The summed E-state index contributed by atoms with van der Waals surface area (Å²) in [6.45, 7) is 0.546. The van der Waals surface area contributed by atoms with Crippen molar-refractivity contribution in [1.29, 1.82) is 0 Å². The zero-order chi connectivity index (χ0) is 15.5. The molecule has 1 saturated carbocycles. The van der Waals surface area contributed by atoms with Gasteiger partial charge in [0.05, 0.1) is 12.8 Å². The molecule has 1 aliphatic rings. The second kappa shape index (κ2) is 6.40. The van der Waals surface area contributed by atoms with Crippen molar-refractivity contribution in [3.05, 3.63) is 58.8 Å². The van der Waals surface area contributed by atoms with Crippen LogP contribution >= 0.6 is 11.6 Å². The first-order chi connectivity index (χ1) is 10.7. The number of nitrogens with zero attached hydrogens (tertiary/aromatic N) is 1. The Morgan fingerprint density at radius 1 is 1.41 bits per heavy atom. The molecule has 0 amide bonds. The molecule has 6 heteroatoms. The SMILES string of the molecule is CN=C(NCc1ccco1)NC1CC1c1c(F)cccc1Cl. The van der Waals surface area contributed by atoms with Gasteiger partial charge in [-0.3, -0.25) is 4.99 Å². The van der Waals surface area contributed by atoms with Gasteiger partial charge in [-0.05, 0) is 30.7 Å². The summed E-state index contributed by atoms with van der Waals surface area (Å²) in [6.07, 6.45) is 2.46. The zero-order valence-corrected chi connectivity index (χ0v) is 12.9. The molecule has 3 rings (SSSR count). The fourth-order valence-electron chi connectivity index (χ4n) is 2.49. The third kappa shape index (κ3) is 3.25. The van der Waals surface area contributed by atoms with Crippen LogP contribution < -0.4 is 10.6 Å². The van der Waals surface area contributed by atoms with Gasteiger partial charge in [0.1, 0.15) is 11.6 Å². The van der Waals surface area contributed by atoms with Crippen LogP contribution in [0, 0.1) is 5.82 Å². The lowest BCUT2D eigenvalue weighted by Crippen LogP contribution is -2.38. The molecule has 0 spiro atoms. The molecule has 2 atom stereocenters. The van der Waals surface area contributed by atoms with E-state index in [-0.39, 0.29) is 17.8 Å². The predicted molar refractivity (Wildman–Crippen MR) is 84.6 cm³/mol. The number of hydrogen-bond acceptors (Lipinski definition) is 2. The summed E-state index contributed by atoms with van der Waals surface area (Å²) in [5.74, 6) is 1.32. The Labute approximate surface area is 133 Å². The maximum atomic E-state index is 13.9. The topological polar surface area (TPSA) is 49.6 Å². The molecule has 1 aromatic heterocycles. The van der Waals surface area contributed by atoms with Crippen molar-refractivity contribution in [2.45, 2.75) is 24.9 Å². The molecule has 4 nitrogen and oxygen atoms in total. The molecule has 2 aromatic rings. The monoisotopic (exact) mass is 321 g/mol. The molecular weight excluding hydrogens is 305 g/mol. The molecular formula is C16H17ClFN3O. The van der Waals surface area contributed by atoms with E-state index >= 15 is 0 Å². The van der Waals surface area contributed by atoms with E-state index in [1.807, 2.05) is 12.1 Å². The lowest BCUT2D eigenvalue weighted by molar-refractivity contribution is 0.501. The summed E-state index contributed by atoms with van der Waals surface area (Å²) in [6, 6.07) is 8.65. The summed E-state index contributed by atoms with van der Waals surface area (Å²) in [7, 11) is 1.70. The van der Waals surface area contributed by atoms with Gasteiger partial charge in [-0.1, -0.05) is 17.7 Å². The van der Waals surface area contributed by atoms with Crippen LogP contribution in [-0.2, 0) is 6.54 Å². The number of rotatable bonds is 4. The van der Waals surface area contributed by atoms with Crippen LogP contribution in [0.4, 0.5) is 4.39 Å². The summed E-state index contributed by atoms with van der Waals surface area (Å²) in [4.78, 5) is 4.17. The number of furan rings is 1. The van der Waals surface area contributed by atoms with Crippen LogP contribution in [0.1, 0.15) is 23.7 Å². The maximum absolute atomic E-state index is 13.9. The first-order valence-electron chi connectivity index (χ1n) is 7.12. The molecule has 2 N–H and O–H groups in total. The Morgan fingerprint density at radius 3 is 2.95 bits per heavy atom. The fraction of sp³-hybridized carbons (Fsp3) is 0.312. The Morgan fingerprint density at radius 2 is 2.27 bits per heavy atom. The van der Waals surface area contributed by atoms with Crippen molar-refractivity contribution in [2.24, 2.45) is 4.99 Å². The van der Waals surface area contributed by atoms with Crippen LogP contribution in [0.2, 0.25) is 5.02 Å². The first kappa shape index (κ1) is 14.9. The number of hydrogen-bond donors (Lipinski definition) is 2. The third-order valence-electron chi connectivity index (χ3n) is 3.72. The summed E-state index contributed by atoms with van der Waals surface area (Å²) >= 11 is 6.10. The third-order valence-corrected chi connectivity index (χ3v) is 4.05. The second-order valence-corrected chi connectivity index (χ2v) is 5.64. The molecule has 1 fully saturated rings. The van der Waals surface area contributed by atoms with E-state index in [4.69, 9.17) is 16.0 Å². The van der Waals surface area contributed by atoms with Gasteiger partial charge in [-0.25, -0.2) is 4.39 Å². The van der Waals surface area contributed by atoms with E-state index in [9.17, 15) is 4.39 Å². The van der Waals surface area contributed by atoms with Gasteiger partial charge >= 0.3 is 0 Å². The summed E-state index contributed by atoms with van der Waals surface area (Å²) < 4.78 is 19.2. The Hall–Kier alpha value is -2.01.